The molecule has 0 aliphatic carbocycles. The van der Waals surface area contributed by atoms with Crippen molar-refractivity contribution in [2.45, 2.75) is 161 Å². The van der Waals surface area contributed by atoms with E-state index in [0.29, 0.717) is 0 Å². The minimum atomic E-state index is -8.11. The van der Waals surface area contributed by atoms with Gasteiger partial charge in [0.15, 0.2) is 6.10 Å². The van der Waals surface area contributed by atoms with Gasteiger partial charge in [-0.05, 0) is 25.7 Å². The lowest BCUT2D eigenvalue weighted by Gasteiger charge is -2.39. The molecular formula is C32H36F26NO10P. The zero-order valence-corrected chi connectivity index (χ0v) is 35.2. The molecule has 38 heteroatoms. The van der Waals surface area contributed by atoms with Crippen LogP contribution in [0.3, 0.4) is 0 Å². The second kappa shape index (κ2) is 23.3. The number of carbonyl (C=O) groups excluding carboxylic acids is 2. The molecule has 0 spiro atoms. The van der Waals surface area contributed by atoms with Crippen molar-refractivity contribution in [3.63, 3.8) is 0 Å². The molecule has 0 aromatic heterocycles. The van der Waals surface area contributed by atoms with Crippen LogP contribution < -0.4 is 5.73 Å². The van der Waals surface area contributed by atoms with E-state index in [0.717, 1.165) is 0 Å². The molecule has 0 aromatic rings. The molecular weight excluding hydrogens is 1080 g/mol. The largest absolute Gasteiger partial charge is 0.480 e. The SMILES string of the molecule is NC(COP(=O)(O)OCC(COC(=O)CCCCCCC(F)(F)C(F)(F)C(F)(F)C(F)(F)C(F)(F)C(F)(F)F)OC(=O)CCCCCCC(F)(F)C(F)(F)C(F)(F)C(F)(F)C(F)(F)C(F)(F)F)C(=O)O. The number of carboxylic acid groups (broad SMARTS) is 1. The average Bonchev–Trinajstić information content (AvgIpc) is 3.18. The Labute approximate surface area is 374 Å². The Hall–Kier alpha value is -3.34. The molecule has 0 aliphatic rings. The fourth-order valence-corrected chi connectivity index (χ4v) is 5.72. The van der Waals surface area contributed by atoms with Crippen molar-refractivity contribution in [3.8, 4) is 0 Å². The van der Waals surface area contributed by atoms with Crippen molar-refractivity contribution < 1.29 is 162 Å². The molecule has 0 rings (SSSR count). The molecule has 4 N–H and O–H groups in total. The van der Waals surface area contributed by atoms with Gasteiger partial charge in [0.05, 0.1) is 13.2 Å². The summed E-state index contributed by atoms with van der Waals surface area (Å²) in [6.45, 7) is -3.73. The van der Waals surface area contributed by atoms with Crippen LogP contribution in [0.2, 0.25) is 0 Å². The monoisotopic (exact) mass is 1120 g/mol. The lowest BCUT2D eigenvalue weighted by molar-refractivity contribution is -0.440. The van der Waals surface area contributed by atoms with Crippen LogP contribution >= 0.6 is 7.82 Å². The number of unbranched alkanes of at least 4 members (excludes halogenated alkanes) is 6. The molecule has 11 nitrogen and oxygen atoms in total. The zero-order valence-electron chi connectivity index (χ0n) is 34.3. The summed E-state index contributed by atoms with van der Waals surface area (Å²) in [5, 5.41) is 8.72. The Morgan fingerprint density at radius 2 is 0.757 bits per heavy atom. The first-order valence-electron chi connectivity index (χ1n) is 18.8. The fourth-order valence-electron chi connectivity index (χ4n) is 4.94. The second-order valence-corrected chi connectivity index (χ2v) is 16.1. The Bertz CT molecular complexity index is 1780. The minimum Gasteiger partial charge on any atom is -0.480 e. The number of rotatable bonds is 32. The molecule has 0 heterocycles. The summed E-state index contributed by atoms with van der Waals surface area (Å²) in [5.41, 5.74) is 5.07. The number of hydrogen-bond donors (Lipinski definition) is 3. The molecule has 416 valence electrons. The first-order valence-corrected chi connectivity index (χ1v) is 20.3. The summed E-state index contributed by atoms with van der Waals surface area (Å²) in [6.07, 6.45) is -30.6. The normalized spacial score (nSPS) is 16.4. The summed E-state index contributed by atoms with van der Waals surface area (Å²) >= 11 is 0. The Morgan fingerprint density at radius 3 is 1.10 bits per heavy atom. The Balaban J connectivity index is 5.52. The number of alkyl halides is 26. The summed E-state index contributed by atoms with van der Waals surface area (Å²) in [6, 6.07) is -1.94. The van der Waals surface area contributed by atoms with E-state index in [1.807, 2.05) is 0 Å². The maximum absolute atomic E-state index is 14.0. The van der Waals surface area contributed by atoms with Gasteiger partial charge in [-0.15, -0.1) is 0 Å². The van der Waals surface area contributed by atoms with Crippen LogP contribution in [0, 0.1) is 0 Å². The maximum Gasteiger partial charge on any atom is 0.472 e. The van der Waals surface area contributed by atoms with Gasteiger partial charge >= 0.3 is 97.3 Å². The number of carbonyl (C=O) groups is 3. The van der Waals surface area contributed by atoms with E-state index in [4.69, 9.17) is 15.6 Å². The van der Waals surface area contributed by atoms with E-state index in [1.165, 1.54) is 0 Å². The smallest absolute Gasteiger partial charge is 0.472 e. The number of nitrogens with two attached hydrogens (primary N) is 1. The summed E-state index contributed by atoms with van der Waals surface area (Å²) < 4.78 is 375. The quantitative estimate of drug-likeness (QED) is 0.0253. The maximum atomic E-state index is 14.0. The van der Waals surface area contributed by atoms with Crippen LogP contribution in [-0.4, -0.2) is 131 Å². The van der Waals surface area contributed by atoms with E-state index < -0.39 is 206 Å². The molecule has 0 saturated carbocycles. The third kappa shape index (κ3) is 15.1. The van der Waals surface area contributed by atoms with Crippen LogP contribution in [0.4, 0.5) is 114 Å². The predicted molar refractivity (Wildman–Crippen MR) is 175 cm³/mol. The zero-order chi connectivity index (χ0) is 55.8. The van der Waals surface area contributed by atoms with Gasteiger partial charge in [0, 0.05) is 25.7 Å². The highest BCUT2D eigenvalue weighted by molar-refractivity contribution is 7.47. The van der Waals surface area contributed by atoms with Crippen LogP contribution in [-0.2, 0) is 37.5 Å². The number of halogens is 26. The lowest BCUT2D eigenvalue weighted by Crippen LogP contribution is -2.70. The van der Waals surface area contributed by atoms with Crippen LogP contribution in [0.15, 0.2) is 0 Å². The van der Waals surface area contributed by atoms with Crippen LogP contribution in [0.25, 0.3) is 0 Å². The number of hydrogen-bond acceptors (Lipinski definition) is 9. The Morgan fingerprint density at radius 1 is 0.443 bits per heavy atom. The highest BCUT2D eigenvalue weighted by Gasteiger charge is 2.92. The number of phosphoric acid groups is 1. The molecule has 0 aliphatic heterocycles. The van der Waals surface area contributed by atoms with Gasteiger partial charge in [0.2, 0.25) is 0 Å². The van der Waals surface area contributed by atoms with Crippen molar-refractivity contribution >= 4 is 25.7 Å². The third-order valence-corrected chi connectivity index (χ3v) is 10.1. The summed E-state index contributed by atoms with van der Waals surface area (Å²) in [4.78, 5) is 45.0. The number of carboxylic acids is 1. The van der Waals surface area contributed by atoms with Gasteiger partial charge in [0.25, 0.3) is 0 Å². The third-order valence-electron chi connectivity index (χ3n) is 9.13. The number of esters is 2. The minimum absolute atomic E-state index is 0.524. The van der Waals surface area contributed by atoms with E-state index in [9.17, 15) is 138 Å². The van der Waals surface area contributed by atoms with Crippen molar-refractivity contribution in [1.29, 1.82) is 0 Å². The van der Waals surface area contributed by atoms with Gasteiger partial charge in [-0.3, -0.25) is 23.4 Å². The van der Waals surface area contributed by atoms with E-state index >= 15 is 0 Å². The summed E-state index contributed by atoms with van der Waals surface area (Å²) in [7, 11) is -5.33. The molecule has 0 radical (unpaired) electrons. The average molecular weight is 1120 g/mol. The highest BCUT2D eigenvalue weighted by Crippen LogP contribution is 2.62. The number of aliphatic carboxylic acids is 1. The van der Waals surface area contributed by atoms with Crippen molar-refractivity contribution in [2.75, 3.05) is 19.8 Å². The molecule has 0 saturated heterocycles. The molecule has 70 heavy (non-hydrogen) atoms. The first-order chi connectivity index (χ1) is 30.9. The van der Waals surface area contributed by atoms with E-state index in [1.54, 1.807) is 0 Å². The molecule has 0 aromatic carbocycles. The van der Waals surface area contributed by atoms with Crippen molar-refractivity contribution in [3.05, 3.63) is 0 Å². The Kier molecular flexibility index (Phi) is 22.1. The lowest BCUT2D eigenvalue weighted by atomic mass is 9.91. The van der Waals surface area contributed by atoms with Crippen LogP contribution in [0.5, 0.6) is 0 Å². The van der Waals surface area contributed by atoms with Crippen molar-refractivity contribution in [2.24, 2.45) is 5.73 Å². The molecule has 0 amide bonds. The number of phosphoric ester groups is 1. The second-order valence-electron chi connectivity index (χ2n) is 14.6. The van der Waals surface area contributed by atoms with Gasteiger partial charge in [-0.2, -0.15) is 114 Å². The highest BCUT2D eigenvalue weighted by atomic mass is 31.2. The van der Waals surface area contributed by atoms with Crippen LogP contribution in [0.1, 0.15) is 77.0 Å². The van der Waals surface area contributed by atoms with Gasteiger partial charge in [0.1, 0.15) is 12.6 Å². The van der Waals surface area contributed by atoms with Gasteiger partial charge < -0.3 is 25.2 Å². The fraction of sp³-hybridized carbons (Fsp3) is 0.906. The number of ether oxygens (including phenoxy) is 2. The molecule has 0 fully saturated rings. The van der Waals surface area contributed by atoms with Crippen molar-refractivity contribution in [1.82, 2.24) is 0 Å². The predicted octanol–water partition coefficient (Wildman–Crippen LogP) is 11.1. The standard InChI is InChI=1S/C32H36F26NO10P/c33-21(34,23(37,38)25(41,42)27(45,46)29(49,50)31(53,54)55)11-7-3-1-5-9-18(60)66-13-16(14-67-70(64,65)68-15-17(59)20(62)63)69-19(61)10-6-2-4-8-12-22(35,36)24(39,40)26(43,44)28(47,48)30(51,52)32(56,57)58/h16-17H,1-15,59H2,(H,62,63)(H,64,65). The van der Waals surface area contributed by atoms with Gasteiger partial charge in [-0.25, -0.2) is 4.57 Å². The first kappa shape index (κ1) is 66.7. The molecule has 3 unspecified atom stereocenters. The topological polar surface area (TPSA) is 172 Å². The summed E-state index contributed by atoms with van der Waals surface area (Å²) in [5.74, 6) is -80.5. The molecule has 3 atom stereocenters. The van der Waals surface area contributed by atoms with E-state index in [-0.39, 0.29) is 0 Å². The van der Waals surface area contributed by atoms with Gasteiger partial charge in [-0.1, -0.05) is 25.7 Å². The van der Waals surface area contributed by atoms with E-state index in [2.05, 4.69) is 13.8 Å². The molecule has 0 bridgehead atoms.